The third-order valence-electron chi connectivity index (χ3n) is 9.07. The smallest absolute Gasteiger partial charge is 0.202 e. The summed E-state index contributed by atoms with van der Waals surface area (Å²) in [6.07, 6.45) is 29.6. The molecule has 41 heavy (non-hydrogen) atoms. The second kappa shape index (κ2) is 18.7. The van der Waals surface area contributed by atoms with Gasteiger partial charge in [-0.25, -0.2) is 0 Å². The Bertz CT molecular complexity index is 1010. The van der Waals surface area contributed by atoms with Crippen molar-refractivity contribution >= 4 is 28.9 Å². The van der Waals surface area contributed by atoms with Crippen molar-refractivity contribution in [3.8, 4) is 0 Å². The number of rotatable bonds is 0. The first-order valence-corrected chi connectivity index (χ1v) is 16.2. The fourth-order valence-corrected chi connectivity index (χ4v) is 6.68. The van der Waals surface area contributed by atoms with E-state index in [0.29, 0.717) is 57.3 Å². The van der Waals surface area contributed by atoms with Gasteiger partial charge in [0.2, 0.25) is 11.6 Å². The Labute approximate surface area is 247 Å². The van der Waals surface area contributed by atoms with Gasteiger partial charge in [0.1, 0.15) is 17.3 Å². The van der Waals surface area contributed by atoms with Crippen LogP contribution in [0.3, 0.4) is 0 Å². The van der Waals surface area contributed by atoms with Gasteiger partial charge in [-0.05, 0) is 70.1 Å². The zero-order valence-corrected chi connectivity index (χ0v) is 24.9. The first-order valence-electron chi connectivity index (χ1n) is 16.2. The molecule has 2 bridgehead atoms. The van der Waals surface area contributed by atoms with Crippen molar-refractivity contribution in [2.24, 2.45) is 23.7 Å². The van der Waals surface area contributed by atoms with Gasteiger partial charge in [0.15, 0.2) is 0 Å². The average Bonchev–Trinajstić information content (AvgIpc) is 2.98. The summed E-state index contributed by atoms with van der Waals surface area (Å²) in [4.78, 5) is 64.3. The van der Waals surface area contributed by atoms with Gasteiger partial charge in [-0.15, -0.1) is 0 Å². The van der Waals surface area contributed by atoms with Crippen LogP contribution in [-0.2, 0) is 24.0 Å². The lowest BCUT2D eigenvalue weighted by molar-refractivity contribution is -0.145. The Morgan fingerprint density at radius 1 is 0.488 bits per heavy atom. The maximum absolute atomic E-state index is 13.4. The Morgan fingerprint density at radius 3 is 2.02 bits per heavy atom. The molecule has 0 amide bonds. The topological polar surface area (TPSA) is 85.3 Å². The van der Waals surface area contributed by atoms with E-state index in [1.54, 1.807) is 0 Å². The Kier molecular flexibility index (Phi) is 15.0. The Balaban J connectivity index is 1.61. The molecule has 4 atom stereocenters. The zero-order chi connectivity index (χ0) is 29.3. The van der Waals surface area contributed by atoms with E-state index >= 15 is 0 Å². The molecule has 0 heterocycles. The van der Waals surface area contributed by atoms with Crippen molar-refractivity contribution in [2.75, 3.05) is 0 Å². The van der Waals surface area contributed by atoms with Crippen LogP contribution < -0.4 is 0 Å². The highest BCUT2D eigenvalue weighted by molar-refractivity contribution is 6.39. The number of carbonyl (C=O) groups excluding carboxylic acids is 5. The normalized spacial score (nSPS) is 29.4. The minimum atomic E-state index is -0.481. The van der Waals surface area contributed by atoms with E-state index in [1.807, 2.05) is 30.4 Å². The minimum absolute atomic E-state index is 0.0409. The molecule has 3 rings (SSSR count). The van der Waals surface area contributed by atoms with E-state index in [9.17, 15) is 24.0 Å². The fraction of sp³-hybridized carbons (Fsp3) is 0.639. The predicted octanol–water partition coefficient (Wildman–Crippen LogP) is 7.97. The van der Waals surface area contributed by atoms with Gasteiger partial charge in [0.05, 0.1) is 0 Å². The highest BCUT2D eigenvalue weighted by atomic mass is 16.2. The van der Waals surface area contributed by atoms with Crippen molar-refractivity contribution in [2.45, 2.75) is 122 Å². The van der Waals surface area contributed by atoms with Crippen LogP contribution in [0.2, 0.25) is 0 Å². The van der Waals surface area contributed by atoms with Crippen LogP contribution in [0, 0.1) is 23.7 Å². The standard InChI is InChI=1S/C36H50O5/c37-30-20-10-7-5-3-1-2-4-6-9-17-28-18-15-19-29(27-28)35(40)36(41)33-25-14-13-24-32(33)34(39)26-16-23-31(38)22-12-8-11-21-30/h1-6,8,12,28-29,32-33H,7,9-11,13-27H2. The number of ketones is 5. The third kappa shape index (κ3) is 12.0. The number of hydrogen-bond donors (Lipinski definition) is 0. The van der Waals surface area contributed by atoms with E-state index < -0.39 is 5.92 Å². The summed E-state index contributed by atoms with van der Waals surface area (Å²) in [5, 5.41) is 0. The van der Waals surface area contributed by atoms with E-state index in [4.69, 9.17) is 0 Å². The van der Waals surface area contributed by atoms with E-state index in [1.165, 1.54) is 0 Å². The molecule has 3 aliphatic carbocycles. The van der Waals surface area contributed by atoms with Crippen LogP contribution in [0.25, 0.3) is 0 Å². The molecule has 0 radical (unpaired) electrons. The molecule has 0 N–H and O–H groups in total. The summed E-state index contributed by atoms with van der Waals surface area (Å²) in [5.74, 6) is -0.785. The molecule has 0 aromatic rings. The van der Waals surface area contributed by atoms with E-state index in [2.05, 4.69) is 18.2 Å². The van der Waals surface area contributed by atoms with Crippen molar-refractivity contribution < 1.29 is 24.0 Å². The summed E-state index contributed by atoms with van der Waals surface area (Å²) >= 11 is 0. The molecular weight excluding hydrogens is 512 g/mol. The number of allylic oxidation sites excluding steroid dienone is 8. The lowest BCUT2D eigenvalue weighted by atomic mass is 9.70. The van der Waals surface area contributed by atoms with Crippen LogP contribution in [0.15, 0.2) is 48.6 Å². The van der Waals surface area contributed by atoms with Crippen LogP contribution in [0.1, 0.15) is 122 Å². The quantitative estimate of drug-likeness (QED) is 0.221. The molecule has 0 aliphatic heterocycles. The van der Waals surface area contributed by atoms with Crippen molar-refractivity contribution in [3.05, 3.63) is 48.6 Å². The van der Waals surface area contributed by atoms with Crippen LogP contribution in [0.4, 0.5) is 0 Å². The first-order chi connectivity index (χ1) is 20.0. The highest BCUT2D eigenvalue weighted by Crippen LogP contribution is 2.37. The Hall–Kier alpha value is -2.69. The minimum Gasteiger partial charge on any atom is -0.300 e. The van der Waals surface area contributed by atoms with Gasteiger partial charge in [-0.1, -0.05) is 74.3 Å². The summed E-state index contributed by atoms with van der Waals surface area (Å²) in [7, 11) is 0. The highest BCUT2D eigenvalue weighted by Gasteiger charge is 2.40. The van der Waals surface area contributed by atoms with Crippen molar-refractivity contribution in [3.63, 3.8) is 0 Å². The van der Waals surface area contributed by atoms with Crippen LogP contribution in [0.5, 0.6) is 0 Å². The monoisotopic (exact) mass is 562 g/mol. The SMILES string of the molecule is O=C1CC=CCCC(=O)CCCC=CC=CC=CCCC2CCCC(C2)C(=O)C(=O)C2CCCCC2C(=O)CCC1. The molecule has 0 aromatic heterocycles. The van der Waals surface area contributed by atoms with Crippen molar-refractivity contribution in [1.82, 2.24) is 0 Å². The molecule has 0 aromatic carbocycles. The lowest BCUT2D eigenvalue weighted by Gasteiger charge is -2.32. The second-order valence-corrected chi connectivity index (χ2v) is 12.3. The first kappa shape index (κ1) is 32.8. The lowest BCUT2D eigenvalue weighted by Crippen LogP contribution is -2.39. The molecule has 5 heteroatoms. The number of fused-ring (bicyclic) bond motifs is 3. The van der Waals surface area contributed by atoms with Gasteiger partial charge in [-0.3, -0.25) is 24.0 Å². The molecule has 5 nitrogen and oxygen atoms in total. The van der Waals surface area contributed by atoms with Gasteiger partial charge in [0.25, 0.3) is 0 Å². The molecule has 4 unspecified atom stereocenters. The zero-order valence-electron chi connectivity index (χ0n) is 24.9. The average molecular weight is 563 g/mol. The fourth-order valence-electron chi connectivity index (χ4n) is 6.68. The summed E-state index contributed by atoms with van der Waals surface area (Å²) in [5.41, 5.74) is 0. The molecular formula is C36H50O5. The van der Waals surface area contributed by atoms with Gasteiger partial charge >= 0.3 is 0 Å². The molecule has 224 valence electrons. The maximum Gasteiger partial charge on any atom is 0.202 e. The van der Waals surface area contributed by atoms with E-state index in [-0.39, 0.29) is 47.2 Å². The maximum atomic E-state index is 13.4. The summed E-state index contributed by atoms with van der Waals surface area (Å²) < 4.78 is 0. The molecule has 0 spiro atoms. The van der Waals surface area contributed by atoms with Crippen LogP contribution >= 0.6 is 0 Å². The number of Topliss-reactive ketones (excluding diaryl/α,β-unsaturated/α-hetero) is 5. The predicted molar refractivity (Wildman–Crippen MR) is 163 cm³/mol. The van der Waals surface area contributed by atoms with Gasteiger partial charge in [-0.2, -0.15) is 0 Å². The van der Waals surface area contributed by atoms with Crippen LogP contribution in [-0.4, -0.2) is 28.9 Å². The molecule has 0 saturated heterocycles. The number of carbonyl (C=O) groups is 5. The summed E-state index contributed by atoms with van der Waals surface area (Å²) in [6, 6.07) is 0. The van der Waals surface area contributed by atoms with E-state index in [0.717, 1.165) is 64.2 Å². The Morgan fingerprint density at radius 2 is 1.22 bits per heavy atom. The van der Waals surface area contributed by atoms with Crippen molar-refractivity contribution in [1.29, 1.82) is 0 Å². The molecule has 3 aliphatic rings. The van der Waals surface area contributed by atoms with Gasteiger partial charge in [0, 0.05) is 49.9 Å². The molecule has 2 saturated carbocycles. The third-order valence-corrected chi connectivity index (χ3v) is 9.07. The van der Waals surface area contributed by atoms with Gasteiger partial charge < -0.3 is 0 Å². The second-order valence-electron chi connectivity index (χ2n) is 12.3. The number of hydrogen-bond acceptors (Lipinski definition) is 5. The largest absolute Gasteiger partial charge is 0.300 e. The molecule has 2 fully saturated rings. The summed E-state index contributed by atoms with van der Waals surface area (Å²) in [6.45, 7) is 0.